The molecular weight excluding hydrogens is 266 g/mol. The average Bonchev–Trinajstić information content (AvgIpc) is 2.50. The Morgan fingerprint density at radius 2 is 1.81 bits per heavy atom. The summed E-state index contributed by atoms with van der Waals surface area (Å²) in [4.78, 5) is 14.8. The fraction of sp³-hybridized carbons (Fsp3) is 0.824. The van der Waals surface area contributed by atoms with Gasteiger partial charge in [0.05, 0.1) is 0 Å². The molecule has 0 aromatic rings. The number of hydrogen-bond acceptors (Lipinski definition) is 4. The van der Waals surface area contributed by atoms with Gasteiger partial charge >= 0.3 is 5.97 Å². The van der Waals surface area contributed by atoms with Crippen molar-refractivity contribution in [1.82, 2.24) is 4.90 Å². The highest BCUT2D eigenvalue weighted by atomic mass is 16.6. The summed E-state index contributed by atoms with van der Waals surface area (Å²) < 4.78 is 5.64. The molecule has 1 saturated heterocycles. The highest BCUT2D eigenvalue weighted by molar-refractivity contribution is 5.82. The molecule has 0 aromatic heterocycles. The van der Waals surface area contributed by atoms with E-state index in [1.165, 1.54) is 6.42 Å². The molecule has 0 amide bonds. The molecule has 2 fully saturated rings. The summed E-state index contributed by atoms with van der Waals surface area (Å²) in [6.45, 7) is 3.74. The van der Waals surface area contributed by atoms with E-state index in [2.05, 4.69) is 11.9 Å². The molecule has 1 aliphatic heterocycles. The van der Waals surface area contributed by atoms with Crippen molar-refractivity contribution in [2.45, 2.75) is 63.6 Å². The molecule has 0 radical (unpaired) electrons. The number of rotatable bonds is 4. The van der Waals surface area contributed by atoms with E-state index in [1.807, 2.05) is 6.92 Å². The maximum Gasteiger partial charge on any atom is 0.342 e. The van der Waals surface area contributed by atoms with Gasteiger partial charge in [0.1, 0.15) is 6.10 Å². The number of likely N-dealkylation sites (tertiary alicyclic amines) is 1. The van der Waals surface area contributed by atoms with Crippen LogP contribution in [0.3, 0.4) is 0 Å². The second-order valence-corrected chi connectivity index (χ2v) is 6.57. The fourth-order valence-electron chi connectivity index (χ4n) is 3.52. The molecule has 4 nitrogen and oxygen atoms in total. The number of piperidine rings is 1. The number of hydrogen-bond donors (Lipinski definition) is 1. The van der Waals surface area contributed by atoms with Gasteiger partial charge in [-0.25, -0.2) is 4.79 Å². The third kappa shape index (κ3) is 4.07. The molecule has 21 heavy (non-hydrogen) atoms. The van der Waals surface area contributed by atoms with Gasteiger partial charge in [-0.1, -0.05) is 25.3 Å². The van der Waals surface area contributed by atoms with Crippen LogP contribution in [0.1, 0.15) is 51.9 Å². The monoisotopic (exact) mass is 295 g/mol. The van der Waals surface area contributed by atoms with Gasteiger partial charge in [0, 0.05) is 19.0 Å². The molecule has 0 aromatic carbocycles. The highest BCUT2D eigenvalue weighted by Crippen LogP contribution is 2.35. The Balaban J connectivity index is 2.00. The quantitative estimate of drug-likeness (QED) is 0.639. The molecular formula is C17H29NO3. The molecule has 1 heterocycles. The van der Waals surface area contributed by atoms with Gasteiger partial charge < -0.3 is 14.7 Å². The Morgan fingerprint density at radius 1 is 1.19 bits per heavy atom. The first-order valence-corrected chi connectivity index (χ1v) is 8.32. The molecule has 2 rings (SSSR count). The first-order chi connectivity index (χ1) is 10.1. The van der Waals surface area contributed by atoms with E-state index in [9.17, 15) is 9.90 Å². The number of carbonyl (C=O) groups is 1. The van der Waals surface area contributed by atoms with Crippen LogP contribution < -0.4 is 0 Å². The normalized spacial score (nSPS) is 25.9. The smallest absolute Gasteiger partial charge is 0.342 e. The average molecular weight is 295 g/mol. The Labute approximate surface area is 128 Å². The predicted molar refractivity (Wildman–Crippen MR) is 82.9 cm³/mol. The zero-order valence-corrected chi connectivity index (χ0v) is 13.4. The summed E-state index contributed by atoms with van der Waals surface area (Å²) in [6.07, 6.45) is 10.3. The van der Waals surface area contributed by atoms with E-state index in [1.54, 1.807) is 12.2 Å². The van der Waals surface area contributed by atoms with E-state index in [4.69, 9.17) is 4.74 Å². The SMILES string of the molecule is C/C=C/[C@@](O)(C(=O)OC1CCN(C)CC1)C1CCCCC1. The third-order valence-electron chi connectivity index (χ3n) is 4.91. The topological polar surface area (TPSA) is 49.8 Å². The van der Waals surface area contributed by atoms with Crippen LogP contribution in [0.2, 0.25) is 0 Å². The van der Waals surface area contributed by atoms with Crippen LogP contribution in [0.25, 0.3) is 0 Å². The maximum atomic E-state index is 12.6. The van der Waals surface area contributed by atoms with Gasteiger partial charge in [0.25, 0.3) is 0 Å². The number of esters is 1. The molecule has 1 aliphatic carbocycles. The van der Waals surface area contributed by atoms with Crippen LogP contribution in [0.5, 0.6) is 0 Å². The van der Waals surface area contributed by atoms with Crippen LogP contribution in [-0.4, -0.2) is 47.8 Å². The van der Waals surface area contributed by atoms with E-state index >= 15 is 0 Å². The Kier molecular flexibility index (Phi) is 5.82. The number of carbonyl (C=O) groups excluding carboxylic acids is 1. The fourth-order valence-corrected chi connectivity index (χ4v) is 3.52. The largest absolute Gasteiger partial charge is 0.460 e. The van der Waals surface area contributed by atoms with E-state index in [0.29, 0.717) is 0 Å². The van der Waals surface area contributed by atoms with Crippen LogP contribution in [-0.2, 0) is 9.53 Å². The van der Waals surface area contributed by atoms with Gasteiger partial charge in [-0.05, 0) is 45.7 Å². The lowest BCUT2D eigenvalue weighted by Crippen LogP contribution is -2.48. The van der Waals surface area contributed by atoms with Crippen molar-refractivity contribution >= 4 is 5.97 Å². The minimum atomic E-state index is -1.43. The Morgan fingerprint density at radius 3 is 2.38 bits per heavy atom. The van der Waals surface area contributed by atoms with E-state index in [-0.39, 0.29) is 12.0 Å². The van der Waals surface area contributed by atoms with E-state index in [0.717, 1.165) is 51.6 Å². The van der Waals surface area contributed by atoms with Crippen molar-refractivity contribution in [3.8, 4) is 0 Å². The summed E-state index contributed by atoms with van der Waals surface area (Å²) in [5.74, 6) is -0.441. The third-order valence-corrected chi connectivity index (χ3v) is 4.91. The minimum Gasteiger partial charge on any atom is -0.460 e. The van der Waals surface area contributed by atoms with Crippen molar-refractivity contribution in [3.63, 3.8) is 0 Å². The zero-order valence-electron chi connectivity index (χ0n) is 13.4. The minimum absolute atomic E-state index is 0.00112. The van der Waals surface area contributed by atoms with Crippen molar-refractivity contribution in [1.29, 1.82) is 0 Å². The second-order valence-electron chi connectivity index (χ2n) is 6.57. The summed E-state index contributed by atoms with van der Waals surface area (Å²) in [5.41, 5.74) is -1.43. The van der Waals surface area contributed by atoms with Crippen LogP contribution in [0.15, 0.2) is 12.2 Å². The number of allylic oxidation sites excluding steroid dienone is 1. The maximum absolute atomic E-state index is 12.6. The van der Waals surface area contributed by atoms with Gasteiger partial charge in [-0.3, -0.25) is 0 Å². The summed E-state index contributed by atoms with van der Waals surface area (Å²) in [5, 5.41) is 10.9. The van der Waals surface area contributed by atoms with Gasteiger partial charge in [-0.15, -0.1) is 0 Å². The summed E-state index contributed by atoms with van der Waals surface area (Å²) in [6, 6.07) is 0. The van der Waals surface area contributed by atoms with Crippen LogP contribution in [0, 0.1) is 5.92 Å². The molecule has 1 saturated carbocycles. The first kappa shape index (κ1) is 16.5. The molecule has 1 N–H and O–H groups in total. The lowest BCUT2D eigenvalue weighted by Gasteiger charge is -2.36. The molecule has 120 valence electrons. The van der Waals surface area contributed by atoms with Crippen LogP contribution in [0.4, 0.5) is 0 Å². The van der Waals surface area contributed by atoms with Gasteiger partial charge in [-0.2, -0.15) is 0 Å². The van der Waals surface area contributed by atoms with Crippen molar-refractivity contribution in [2.24, 2.45) is 5.92 Å². The molecule has 1 atom stereocenters. The lowest BCUT2D eigenvalue weighted by molar-refractivity contribution is -0.174. The Bertz CT molecular complexity index is 368. The van der Waals surface area contributed by atoms with Gasteiger partial charge in [0.15, 0.2) is 5.60 Å². The molecule has 2 aliphatic rings. The number of nitrogens with zero attached hydrogens (tertiary/aromatic N) is 1. The standard InChI is InChI=1S/C17H29NO3/c1-3-11-17(20,14-7-5-4-6-8-14)16(19)21-15-9-12-18(2)13-10-15/h3,11,14-15,20H,4-10,12-13H2,1-2H3/b11-3+/t17-/m0/s1. The van der Waals surface area contributed by atoms with Crippen molar-refractivity contribution in [3.05, 3.63) is 12.2 Å². The number of aliphatic hydroxyl groups is 1. The van der Waals surface area contributed by atoms with E-state index < -0.39 is 11.6 Å². The number of ether oxygens (including phenoxy) is 1. The highest BCUT2D eigenvalue weighted by Gasteiger charge is 2.44. The molecule has 0 bridgehead atoms. The van der Waals surface area contributed by atoms with Crippen molar-refractivity contribution in [2.75, 3.05) is 20.1 Å². The molecule has 0 spiro atoms. The summed E-state index contributed by atoms with van der Waals surface area (Å²) >= 11 is 0. The first-order valence-electron chi connectivity index (χ1n) is 8.32. The lowest BCUT2D eigenvalue weighted by atomic mass is 9.76. The van der Waals surface area contributed by atoms with Gasteiger partial charge in [0.2, 0.25) is 0 Å². The molecule has 0 unspecified atom stereocenters. The van der Waals surface area contributed by atoms with Crippen molar-refractivity contribution < 1.29 is 14.6 Å². The molecule has 4 heteroatoms. The zero-order chi connectivity index (χ0) is 15.3. The summed E-state index contributed by atoms with van der Waals surface area (Å²) in [7, 11) is 2.08. The second kappa shape index (κ2) is 7.41. The Hall–Kier alpha value is -0.870. The predicted octanol–water partition coefficient (Wildman–Crippen LogP) is 2.51. The van der Waals surface area contributed by atoms with Crippen LogP contribution >= 0.6 is 0 Å².